The molecule has 1 aromatic heterocycles. The Balaban J connectivity index is 2.95. The fraction of sp³-hybridized carbons (Fsp3) is 0.556. The minimum Gasteiger partial charge on any atom is -0.298 e. The molecule has 4 heteroatoms. The van der Waals surface area contributed by atoms with Gasteiger partial charge in [-0.3, -0.25) is 9.48 Å². The average Bonchev–Trinajstić information content (AvgIpc) is 2.37. The number of carbonyl (C=O) groups is 1. The molecular formula is C9H14N2OS. The lowest BCUT2D eigenvalue weighted by Gasteiger charge is -2.00. The van der Waals surface area contributed by atoms with Gasteiger partial charge < -0.3 is 0 Å². The maximum absolute atomic E-state index is 10.8. The number of aldehydes is 1. The predicted octanol–water partition coefficient (Wildman–Crippen LogP) is 2.04. The van der Waals surface area contributed by atoms with Crippen LogP contribution in [0.5, 0.6) is 0 Å². The van der Waals surface area contributed by atoms with E-state index in [-0.39, 0.29) is 0 Å². The first-order valence-corrected chi connectivity index (χ1v) is 5.30. The summed E-state index contributed by atoms with van der Waals surface area (Å²) in [6, 6.07) is 0. The van der Waals surface area contributed by atoms with Crippen LogP contribution in [-0.2, 0) is 7.05 Å². The standard InChI is InChI=1S/C9H14N2OS/c1-4-5-13-9-8(6-12)7(2)10-11(9)3/h6H,4-5H2,1-3H3. The monoisotopic (exact) mass is 198 g/mol. The minimum atomic E-state index is 0.737. The predicted molar refractivity (Wildman–Crippen MR) is 54.3 cm³/mol. The molecule has 0 aliphatic rings. The lowest BCUT2D eigenvalue weighted by Crippen LogP contribution is -1.94. The van der Waals surface area contributed by atoms with Gasteiger partial charge in [-0.15, -0.1) is 11.8 Å². The zero-order chi connectivity index (χ0) is 9.84. The fourth-order valence-corrected chi connectivity index (χ4v) is 2.14. The van der Waals surface area contributed by atoms with Crippen molar-refractivity contribution in [1.29, 1.82) is 0 Å². The molecule has 1 heterocycles. The van der Waals surface area contributed by atoms with E-state index in [1.807, 2.05) is 14.0 Å². The molecule has 0 atom stereocenters. The van der Waals surface area contributed by atoms with Gasteiger partial charge in [0.1, 0.15) is 5.03 Å². The first-order valence-electron chi connectivity index (χ1n) is 4.32. The average molecular weight is 198 g/mol. The van der Waals surface area contributed by atoms with Crippen LogP contribution in [0.4, 0.5) is 0 Å². The molecule has 3 nitrogen and oxygen atoms in total. The highest BCUT2D eigenvalue weighted by Gasteiger charge is 2.11. The van der Waals surface area contributed by atoms with Gasteiger partial charge in [0.15, 0.2) is 6.29 Å². The van der Waals surface area contributed by atoms with E-state index in [2.05, 4.69) is 12.0 Å². The van der Waals surface area contributed by atoms with Crippen LogP contribution in [0.1, 0.15) is 29.4 Å². The Labute approximate surface area is 82.5 Å². The van der Waals surface area contributed by atoms with E-state index < -0.39 is 0 Å². The number of hydrogen-bond donors (Lipinski definition) is 0. The van der Waals surface area contributed by atoms with Crippen molar-refractivity contribution >= 4 is 18.0 Å². The quantitative estimate of drug-likeness (QED) is 0.548. The van der Waals surface area contributed by atoms with Gasteiger partial charge in [-0.25, -0.2) is 0 Å². The lowest BCUT2D eigenvalue weighted by atomic mass is 10.3. The number of hydrogen-bond acceptors (Lipinski definition) is 3. The summed E-state index contributed by atoms with van der Waals surface area (Å²) in [4.78, 5) is 10.8. The first kappa shape index (κ1) is 10.3. The summed E-state index contributed by atoms with van der Waals surface area (Å²) in [7, 11) is 1.87. The van der Waals surface area contributed by atoms with Crippen LogP contribution in [0.15, 0.2) is 5.03 Å². The molecule has 0 unspecified atom stereocenters. The van der Waals surface area contributed by atoms with Gasteiger partial charge >= 0.3 is 0 Å². The third-order valence-electron chi connectivity index (χ3n) is 1.77. The van der Waals surface area contributed by atoms with Gasteiger partial charge in [0.25, 0.3) is 0 Å². The molecule has 1 aromatic rings. The van der Waals surface area contributed by atoms with E-state index in [9.17, 15) is 4.79 Å². The highest BCUT2D eigenvalue weighted by molar-refractivity contribution is 7.99. The molecule has 0 radical (unpaired) electrons. The van der Waals surface area contributed by atoms with Crippen molar-refractivity contribution in [3.8, 4) is 0 Å². The topological polar surface area (TPSA) is 34.9 Å². The van der Waals surface area contributed by atoms with Crippen LogP contribution in [-0.4, -0.2) is 21.8 Å². The molecule has 0 spiro atoms. The minimum absolute atomic E-state index is 0.737. The first-order chi connectivity index (χ1) is 6.20. The summed E-state index contributed by atoms with van der Waals surface area (Å²) in [5.41, 5.74) is 1.55. The summed E-state index contributed by atoms with van der Waals surface area (Å²) in [6.07, 6.45) is 1.99. The van der Waals surface area contributed by atoms with Crippen molar-refractivity contribution in [3.05, 3.63) is 11.3 Å². The van der Waals surface area contributed by atoms with Gasteiger partial charge in [-0.1, -0.05) is 6.92 Å². The highest BCUT2D eigenvalue weighted by Crippen LogP contribution is 2.23. The van der Waals surface area contributed by atoms with Gasteiger partial charge in [-0.2, -0.15) is 5.10 Å². The Kier molecular flexibility index (Phi) is 3.54. The highest BCUT2D eigenvalue weighted by atomic mass is 32.2. The van der Waals surface area contributed by atoms with E-state index in [4.69, 9.17) is 0 Å². The molecule has 0 aliphatic carbocycles. The summed E-state index contributed by atoms with van der Waals surface area (Å²) in [5, 5.41) is 5.18. The van der Waals surface area contributed by atoms with Crippen LogP contribution in [0.2, 0.25) is 0 Å². The van der Waals surface area contributed by atoms with Crippen LogP contribution in [0.25, 0.3) is 0 Å². The smallest absolute Gasteiger partial charge is 0.154 e. The summed E-state index contributed by atoms with van der Waals surface area (Å²) >= 11 is 1.69. The normalized spacial score (nSPS) is 10.4. The van der Waals surface area contributed by atoms with Gasteiger partial charge in [0.2, 0.25) is 0 Å². The second-order valence-corrected chi connectivity index (χ2v) is 3.98. The number of carbonyl (C=O) groups excluding carboxylic acids is 1. The Hall–Kier alpha value is -0.770. The SMILES string of the molecule is CCCSc1c(C=O)c(C)nn1C. The molecule has 0 N–H and O–H groups in total. The number of rotatable bonds is 4. The van der Waals surface area contributed by atoms with E-state index in [1.165, 1.54) is 0 Å². The van der Waals surface area contributed by atoms with Crippen molar-refractivity contribution in [2.45, 2.75) is 25.3 Å². The maximum atomic E-state index is 10.8. The second-order valence-electron chi connectivity index (χ2n) is 2.89. The number of thioether (sulfide) groups is 1. The Bertz CT molecular complexity index is 307. The Morgan fingerprint density at radius 2 is 2.31 bits per heavy atom. The van der Waals surface area contributed by atoms with Crippen molar-refractivity contribution < 1.29 is 4.79 Å². The third kappa shape index (κ3) is 2.12. The molecule has 0 amide bonds. The summed E-state index contributed by atoms with van der Waals surface area (Å²) in [5.74, 6) is 1.03. The molecule has 13 heavy (non-hydrogen) atoms. The van der Waals surface area contributed by atoms with Gasteiger partial charge in [0, 0.05) is 7.05 Å². The molecule has 0 saturated carbocycles. The van der Waals surface area contributed by atoms with Crippen LogP contribution < -0.4 is 0 Å². The second kappa shape index (κ2) is 4.46. The third-order valence-corrected chi connectivity index (χ3v) is 3.14. The van der Waals surface area contributed by atoms with E-state index in [0.717, 1.165) is 34.7 Å². The van der Waals surface area contributed by atoms with Gasteiger partial charge in [0.05, 0.1) is 11.3 Å². The summed E-state index contributed by atoms with van der Waals surface area (Å²) in [6.45, 7) is 3.98. The molecule has 0 aromatic carbocycles. The summed E-state index contributed by atoms with van der Waals surface area (Å²) < 4.78 is 1.78. The number of aryl methyl sites for hydroxylation is 2. The number of aromatic nitrogens is 2. The van der Waals surface area contributed by atoms with Crippen molar-refractivity contribution in [1.82, 2.24) is 9.78 Å². The fourth-order valence-electron chi connectivity index (χ4n) is 1.16. The molecule has 0 saturated heterocycles. The zero-order valence-corrected chi connectivity index (χ0v) is 9.02. The van der Waals surface area contributed by atoms with E-state index >= 15 is 0 Å². The molecule has 0 aliphatic heterocycles. The molecular weight excluding hydrogens is 184 g/mol. The maximum Gasteiger partial charge on any atom is 0.154 e. The van der Waals surface area contributed by atoms with E-state index in [0.29, 0.717) is 0 Å². The lowest BCUT2D eigenvalue weighted by molar-refractivity contribution is 0.112. The van der Waals surface area contributed by atoms with Crippen molar-refractivity contribution in [2.24, 2.45) is 7.05 Å². The van der Waals surface area contributed by atoms with Crippen molar-refractivity contribution in [3.63, 3.8) is 0 Å². The Morgan fingerprint density at radius 1 is 1.62 bits per heavy atom. The molecule has 72 valence electrons. The zero-order valence-electron chi connectivity index (χ0n) is 8.20. The molecule has 0 fully saturated rings. The van der Waals surface area contributed by atoms with Crippen LogP contribution in [0.3, 0.4) is 0 Å². The van der Waals surface area contributed by atoms with Crippen LogP contribution >= 0.6 is 11.8 Å². The molecule has 0 bridgehead atoms. The largest absolute Gasteiger partial charge is 0.298 e. The van der Waals surface area contributed by atoms with Gasteiger partial charge in [-0.05, 0) is 19.1 Å². The number of nitrogens with zero attached hydrogens (tertiary/aromatic N) is 2. The molecule has 1 rings (SSSR count). The van der Waals surface area contributed by atoms with Crippen LogP contribution in [0, 0.1) is 6.92 Å². The van der Waals surface area contributed by atoms with E-state index in [1.54, 1.807) is 16.4 Å². The Morgan fingerprint density at radius 3 is 2.85 bits per heavy atom. The van der Waals surface area contributed by atoms with Crippen molar-refractivity contribution in [2.75, 3.05) is 5.75 Å².